The van der Waals surface area contributed by atoms with E-state index in [1.54, 1.807) is 0 Å². The van der Waals surface area contributed by atoms with Crippen molar-refractivity contribution in [2.24, 2.45) is 0 Å². The number of aromatic nitrogens is 4. The SMILES string of the molecule is Cc1nccc(CN2Cc3nccn3CC2c2ccccc2)n1. The van der Waals surface area contributed by atoms with Crippen LogP contribution in [0.4, 0.5) is 0 Å². The fraction of sp³-hybridized carbons (Fsp3) is 0.278. The Bertz CT molecular complexity index is 796. The van der Waals surface area contributed by atoms with Crippen LogP contribution in [0.5, 0.6) is 0 Å². The van der Waals surface area contributed by atoms with Gasteiger partial charge in [-0.25, -0.2) is 15.0 Å². The molecule has 0 spiro atoms. The molecule has 5 nitrogen and oxygen atoms in total. The van der Waals surface area contributed by atoms with Crippen LogP contribution in [-0.4, -0.2) is 24.4 Å². The minimum absolute atomic E-state index is 0.327. The first-order valence-corrected chi connectivity index (χ1v) is 7.87. The second-order valence-electron chi connectivity index (χ2n) is 5.92. The Morgan fingerprint density at radius 2 is 1.96 bits per heavy atom. The topological polar surface area (TPSA) is 46.8 Å². The molecule has 4 rings (SSSR count). The van der Waals surface area contributed by atoms with Crippen LogP contribution >= 0.6 is 0 Å². The molecule has 1 atom stereocenters. The number of nitrogens with zero attached hydrogens (tertiary/aromatic N) is 5. The Labute approximate surface area is 135 Å². The van der Waals surface area contributed by atoms with E-state index in [1.165, 1.54) is 5.56 Å². The van der Waals surface area contributed by atoms with Gasteiger partial charge in [-0.2, -0.15) is 0 Å². The number of imidazole rings is 1. The molecule has 0 fully saturated rings. The highest BCUT2D eigenvalue weighted by molar-refractivity contribution is 5.21. The first-order valence-electron chi connectivity index (χ1n) is 7.87. The molecule has 0 saturated carbocycles. The van der Waals surface area contributed by atoms with E-state index in [4.69, 9.17) is 0 Å². The van der Waals surface area contributed by atoms with Crippen molar-refractivity contribution in [3.8, 4) is 0 Å². The van der Waals surface area contributed by atoms with Crippen LogP contribution < -0.4 is 0 Å². The highest BCUT2D eigenvalue weighted by Crippen LogP contribution is 2.30. The molecule has 0 amide bonds. The summed E-state index contributed by atoms with van der Waals surface area (Å²) in [5, 5.41) is 0. The molecule has 1 aliphatic rings. The Hall–Kier alpha value is -2.53. The monoisotopic (exact) mass is 305 g/mol. The predicted octanol–water partition coefficient (Wildman–Crippen LogP) is 2.74. The summed E-state index contributed by atoms with van der Waals surface area (Å²) in [6.07, 6.45) is 5.78. The van der Waals surface area contributed by atoms with Gasteiger partial charge in [-0.1, -0.05) is 30.3 Å². The molecule has 0 bridgehead atoms. The number of rotatable bonds is 3. The van der Waals surface area contributed by atoms with Gasteiger partial charge in [-0.3, -0.25) is 4.90 Å². The molecule has 1 aromatic carbocycles. The highest BCUT2D eigenvalue weighted by Gasteiger charge is 2.28. The number of fused-ring (bicyclic) bond motifs is 1. The van der Waals surface area contributed by atoms with E-state index < -0.39 is 0 Å². The highest BCUT2D eigenvalue weighted by atomic mass is 15.3. The van der Waals surface area contributed by atoms with E-state index in [-0.39, 0.29) is 0 Å². The summed E-state index contributed by atoms with van der Waals surface area (Å²) in [6.45, 7) is 4.48. The minimum Gasteiger partial charge on any atom is -0.332 e. The maximum Gasteiger partial charge on any atom is 0.125 e. The van der Waals surface area contributed by atoms with Gasteiger partial charge >= 0.3 is 0 Å². The van der Waals surface area contributed by atoms with Gasteiger partial charge in [-0.15, -0.1) is 0 Å². The van der Waals surface area contributed by atoms with E-state index in [0.29, 0.717) is 6.04 Å². The van der Waals surface area contributed by atoms with Crippen molar-refractivity contribution in [1.29, 1.82) is 0 Å². The van der Waals surface area contributed by atoms with E-state index in [9.17, 15) is 0 Å². The summed E-state index contributed by atoms with van der Waals surface area (Å²) in [7, 11) is 0. The number of aryl methyl sites for hydroxylation is 1. The van der Waals surface area contributed by atoms with Gasteiger partial charge in [0.2, 0.25) is 0 Å². The molecular weight excluding hydrogens is 286 g/mol. The van der Waals surface area contributed by atoms with Crippen molar-refractivity contribution in [3.05, 3.63) is 77.9 Å². The maximum atomic E-state index is 4.56. The van der Waals surface area contributed by atoms with Crippen LogP contribution in [0.3, 0.4) is 0 Å². The second kappa shape index (κ2) is 5.93. The lowest BCUT2D eigenvalue weighted by molar-refractivity contribution is 0.126. The fourth-order valence-corrected chi connectivity index (χ4v) is 3.21. The molecule has 1 aliphatic heterocycles. The standard InChI is InChI=1S/C18H19N5/c1-14-19-8-7-16(21-14)11-23-13-18-20-9-10-22(18)12-17(23)15-5-3-2-4-6-15/h2-10,17H,11-13H2,1H3. The molecule has 2 aromatic heterocycles. The molecule has 0 aliphatic carbocycles. The van der Waals surface area contributed by atoms with Gasteiger partial charge in [0.15, 0.2) is 0 Å². The average molecular weight is 305 g/mol. The summed E-state index contributed by atoms with van der Waals surface area (Å²) in [5.74, 6) is 1.93. The molecule has 3 heterocycles. The number of hydrogen-bond acceptors (Lipinski definition) is 4. The molecule has 0 radical (unpaired) electrons. The van der Waals surface area contributed by atoms with Crippen molar-refractivity contribution in [3.63, 3.8) is 0 Å². The summed E-state index contributed by atoms with van der Waals surface area (Å²) >= 11 is 0. The van der Waals surface area contributed by atoms with Crippen molar-refractivity contribution in [2.75, 3.05) is 0 Å². The summed E-state index contributed by atoms with van der Waals surface area (Å²) in [4.78, 5) is 15.7. The minimum atomic E-state index is 0.327. The zero-order valence-electron chi connectivity index (χ0n) is 13.1. The van der Waals surface area contributed by atoms with E-state index in [1.807, 2.05) is 25.4 Å². The molecule has 116 valence electrons. The average Bonchev–Trinajstić information content (AvgIpc) is 3.02. The lowest BCUT2D eigenvalue weighted by Gasteiger charge is -2.36. The molecule has 1 unspecified atom stereocenters. The summed E-state index contributed by atoms with van der Waals surface area (Å²) < 4.78 is 2.25. The molecule has 5 heteroatoms. The van der Waals surface area contributed by atoms with Gasteiger partial charge in [0.25, 0.3) is 0 Å². The van der Waals surface area contributed by atoms with Crippen LogP contribution in [-0.2, 0) is 19.6 Å². The van der Waals surface area contributed by atoms with E-state index in [2.05, 4.69) is 60.9 Å². The number of hydrogen-bond donors (Lipinski definition) is 0. The fourth-order valence-electron chi connectivity index (χ4n) is 3.21. The van der Waals surface area contributed by atoms with Crippen LogP contribution in [0.1, 0.15) is 28.9 Å². The predicted molar refractivity (Wildman–Crippen MR) is 87.4 cm³/mol. The van der Waals surface area contributed by atoms with Crippen molar-refractivity contribution in [1.82, 2.24) is 24.4 Å². The van der Waals surface area contributed by atoms with Gasteiger partial charge in [0.1, 0.15) is 11.6 Å². The zero-order valence-corrected chi connectivity index (χ0v) is 13.1. The van der Waals surface area contributed by atoms with Crippen LogP contribution in [0, 0.1) is 6.92 Å². The maximum absolute atomic E-state index is 4.56. The van der Waals surface area contributed by atoms with Crippen molar-refractivity contribution < 1.29 is 0 Å². The van der Waals surface area contributed by atoms with Gasteiger partial charge in [0, 0.05) is 31.7 Å². The normalized spacial score (nSPS) is 17.9. The van der Waals surface area contributed by atoms with E-state index >= 15 is 0 Å². The molecule has 3 aromatic rings. The van der Waals surface area contributed by atoms with E-state index in [0.717, 1.165) is 37.0 Å². The first kappa shape index (κ1) is 14.1. The third-order valence-corrected chi connectivity index (χ3v) is 4.34. The van der Waals surface area contributed by atoms with Crippen LogP contribution in [0.2, 0.25) is 0 Å². The largest absolute Gasteiger partial charge is 0.332 e. The molecule has 0 N–H and O–H groups in total. The van der Waals surface area contributed by atoms with Gasteiger partial charge in [0.05, 0.1) is 18.3 Å². The lowest BCUT2D eigenvalue weighted by atomic mass is 10.0. The molecule has 23 heavy (non-hydrogen) atoms. The smallest absolute Gasteiger partial charge is 0.125 e. The Kier molecular flexibility index (Phi) is 3.63. The summed E-state index contributed by atoms with van der Waals surface area (Å²) in [6, 6.07) is 13.0. The van der Waals surface area contributed by atoms with Gasteiger partial charge in [-0.05, 0) is 18.6 Å². The van der Waals surface area contributed by atoms with Crippen molar-refractivity contribution in [2.45, 2.75) is 32.6 Å². The Morgan fingerprint density at radius 3 is 2.78 bits per heavy atom. The first-order chi connectivity index (χ1) is 11.3. The third-order valence-electron chi connectivity index (χ3n) is 4.34. The quantitative estimate of drug-likeness (QED) is 0.746. The third kappa shape index (κ3) is 2.87. The lowest BCUT2D eigenvalue weighted by Crippen LogP contribution is -2.36. The second-order valence-corrected chi connectivity index (χ2v) is 5.92. The van der Waals surface area contributed by atoms with Crippen molar-refractivity contribution >= 4 is 0 Å². The Morgan fingerprint density at radius 1 is 1.09 bits per heavy atom. The Balaban J connectivity index is 1.67. The summed E-state index contributed by atoms with van der Waals surface area (Å²) in [5.41, 5.74) is 2.39. The number of benzene rings is 1. The van der Waals surface area contributed by atoms with Crippen LogP contribution in [0.15, 0.2) is 55.0 Å². The molecular formula is C18H19N5. The zero-order chi connectivity index (χ0) is 15.6. The molecule has 0 saturated heterocycles. The van der Waals surface area contributed by atoms with Crippen LogP contribution in [0.25, 0.3) is 0 Å². The van der Waals surface area contributed by atoms with Gasteiger partial charge < -0.3 is 4.57 Å².